The van der Waals surface area contributed by atoms with E-state index in [-0.39, 0.29) is 0 Å². The highest BCUT2D eigenvalue weighted by Crippen LogP contribution is 2.30. The molecule has 74 valence electrons. The summed E-state index contributed by atoms with van der Waals surface area (Å²) in [5.74, 6) is 0. The summed E-state index contributed by atoms with van der Waals surface area (Å²) in [6, 6.07) is 7.96. The molecule has 4 heteroatoms. The zero-order chi connectivity index (χ0) is 10.5. The van der Waals surface area contributed by atoms with Crippen molar-refractivity contribution in [1.29, 1.82) is 0 Å². The van der Waals surface area contributed by atoms with E-state index in [1.807, 2.05) is 24.3 Å². The van der Waals surface area contributed by atoms with Crippen molar-refractivity contribution < 1.29 is 0 Å². The predicted octanol–water partition coefficient (Wildman–Crippen LogP) is 2.16. The molecule has 0 saturated carbocycles. The fourth-order valence-corrected chi connectivity index (χ4v) is 2.20. The van der Waals surface area contributed by atoms with Gasteiger partial charge in [0.05, 0.1) is 23.4 Å². The number of hydrogen-bond acceptors (Lipinski definition) is 4. The normalized spacial score (nSPS) is 11.8. The molecule has 0 aliphatic rings. The van der Waals surface area contributed by atoms with Crippen LogP contribution in [0.1, 0.15) is 0 Å². The molecule has 0 aliphatic carbocycles. The van der Waals surface area contributed by atoms with Crippen molar-refractivity contribution in [3.05, 3.63) is 36.7 Å². The van der Waals surface area contributed by atoms with Crippen LogP contribution >= 0.6 is 0 Å². The van der Waals surface area contributed by atoms with E-state index >= 15 is 0 Å². The third-order valence-electron chi connectivity index (χ3n) is 2.91. The van der Waals surface area contributed by atoms with Crippen molar-refractivity contribution in [2.45, 2.75) is 0 Å². The van der Waals surface area contributed by atoms with Crippen LogP contribution in [0.3, 0.4) is 0 Å². The molecule has 0 aliphatic heterocycles. The zero-order valence-electron chi connectivity index (χ0n) is 8.25. The minimum Gasteiger partial charge on any atom is -0.158 e. The van der Waals surface area contributed by atoms with Crippen molar-refractivity contribution in [2.24, 2.45) is 0 Å². The van der Waals surface area contributed by atoms with Gasteiger partial charge in [-0.1, -0.05) is 12.1 Å². The molecule has 2 heterocycles. The van der Waals surface area contributed by atoms with Crippen LogP contribution in [-0.4, -0.2) is 20.4 Å². The van der Waals surface area contributed by atoms with Gasteiger partial charge in [-0.05, 0) is 12.1 Å². The average molecular weight is 206 g/mol. The maximum absolute atomic E-state index is 4.14. The molecule has 0 saturated heterocycles. The molecule has 4 rings (SSSR count). The van der Waals surface area contributed by atoms with E-state index in [2.05, 4.69) is 20.4 Å². The molecule has 2 aromatic heterocycles. The molecular weight excluding hydrogens is 200 g/mol. The van der Waals surface area contributed by atoms with Crippen LogP contribution < -0.4 is 0 Å². The summed E-state index contributed by atoms with van der Waals surface area (Å²) in [5, 5.41) is 20.7. The summed E-state index contributed by atoms with van der Waals surface area (Å²) in [4.78, 5) is 0. The summed E-state index contributed by atoms with van der Waals surface area (Å²) in [5.41, 5.74) is 1.81. The Morgan fingerprint density at radius 2 is 1.12 bits per heavy atom. The van der Waals surface area contributed by atoms with Gasteiger partial charge in [0.15, 0.2) is 0 Å². The Morgan fingerprint density at radius 3 is 1.62 bits per heavy atom. The zero-order valence-corrected chi connectivity index (χ0v) is 8.25. The van der Waals surface area contributed by atoms with Crippen LogP contribution in [0.2, 0.25) is 0 Å². The van der Waals surface area contributed by atoms with Crippen molar-refractivity contribution >= 4 is 32.6 Å². The third kappa shape index (κ3) is 0.839. The fourth-order valence-electron chi connectivity index (χ4n) is 2.20. The molecule has 0 spiro atoms. The van der Waals surface area contributed by atoms with Crippen LogP contribution in [0.25, 0.3) is 32.6 Å². The van der Waals surface area contributed by atoms with Gasteiger partial charge in [0.1, 0.15) is 0 Å². The second-order valence-electron chi connectivity index (χ2n) is 3.79. The van der Waals surface area contributed by atoms with Gasteiger partial charge in [-0.3, -0.25) is 0 Å². The topological polar surface area (TPSA) is 51.6 Å². The predicted molar refractivity (Wildman–Crippen MR) is 61.3 cm³/mol. The molecular formula is C12H6N4. The summed E-state index contributed by atoms with van der Waals surface area (Å²) in [6.45, 7) is 0. The van der Waals surface area contributed by atoms with Gasteiger partial charge in [0.25, 0.3) is 0 Å². The number of aromatic nitrogens is 4. The Labute approximate surface area is 90.3 Å². The standard InChI is InChI=1S/C12H6N4/c1-3-9-12-8(6-14-15-9)2-4-10-11(12)7(1)5-13-16-10/h1-6H. The van der Waals surface area contributed by atoms with Crippen LogP contribution in [0.4, 0.5) is 0 Å². The first kappa shape index (κ1) is 7.87. The van der Waals surface area contributed by atoms with E-state index in [1.54, 1.807) is 12.4 Å². The highest BCUT2D eigenvalue weighted by atomic mass is 15.1. The first-order valence-electron chi connectivity index (χ1n) is 5.01. The Morgan fingerprint density at radius 1 is 0.625 bits per heavy atom. The Hall–Kier alpha value is -2.36. The highest BCUT2D eigenvalue weighted by molar-refractivity contribution is 6.20. The molecule has 0 bridgehead atoms. The van der Waals surface area contributed by atoms with Crippen LogP contribution in [-0.2, 0) is 0 Å². The molecule has 4 nitrogen and oxygen atoms in total. The average Bonchev–Trinajstić information content (AvgIpc) is 2.36. The highest BCUT2D eigenvalue weighted by Gasteiger charge is 2.09. The van der Waals surface area contributed by atoms with Gasteiger partial charge in [0.2, 0.25) is 0 Å². The van der Waals surface area contributed by atoms with E-state index < -0.39 is 0 Å². The lowest BCUT2D eigenvalue weighted by Gasteiger charge is -2.06. The lowest BCUT2D eigenvalue weighted by molar-refractivity contribution is 1.08. The van der Waals surface area contributed by atoms with Crippen molar-refractivity contribution in [3.8, 4) is 0 Å². The molecule has 0 radical (unpaired) electrons. The van der Waals surface area contributed by atoms with E-state index in [9.17, 15) is 0 Å². The monoisotopic (exact) mass is 206 g/mol. The smallest absolute Gasteiger partial charge is 0.0942 e. The van der Waals surface area contributed by atoms with E-state index in [1.165, 1.54) is 0 Å². The Kier molecular flexibility index (Phi) is 1.28. The minimum absolute atomic E-state index is 0.906. The molecule has 0 fully saturated rings. The number of hydrogen-bond donors (Lipinski definition) is 0. The summed E-state index contributed by atoms with van der Waals surface area (Å²) in [6.07, 6.45) is 3.56. The van der Waals surface area contributed by atoms with Crippen LogP contribution in [0.5, 0.6) is 0 Å². The van der Waals surface area contributed by atoms with Gasteiger partial charge < -0.3 is 0 Å². The maximum Gasteiger partial charge on any atom is 0.0942 e. The molecule has 0 N–H and O–H groups in total. The van der Waals surface area contributed by atoms with Gasteiger partial charge in [-0.15, -0.1) is 0 Å². The summed E-state index contributed by atoms with van der Waals surface area (Å²) in [7, 11) is 0. The second-order valence-corrected chi connectivity index (χ2v) is 3.79. The number of rotatable bonds is 0. The van der Waals surface area contributed by atoms with Crippen molar-refractivity contribution in [2.75, 3.05) is 0 Å². The first-order valence-corrected chi connectivity index (χ1v) is 5.01. The second kappa shape index (κ2) is 2.61. The molecule has 16 heavy (non-hydrogen) atoms. The van der Waals surface area contributed by atoms with Gasteiger partial charge in [-0.2, -0.15) is 20.4 Å². The van der Waals surface area contributed by atoms with Crippen molar-refractivity contribution in [1.82, 2.24) is 20.4 Å². The van der Waals surface area contributed by atoms with Gasteiger partial charge >= 0.3 is 0 Å². The summed E-state index contributed by atoms with van der Waals surface area (Å²) < 4.78 is 0. The third-order valence-corrected chi connectivity index (χ3v) is 2.91. The summed E-state index contributed by atoms with van der Waals surface area (Å²) >= 11 is 0. The van der Waals surface area contributed by atoms with Gasteiger partial charge in [0, 0.05) is 21.5 Å². The fraction of sp³-hybridized carbons (Fsp3) is 0. The molecule has 4 aromatic rings. The molecule has 0 amide bonds. The Bertz CT molecular complexity index is 680. The van der Waals surface area contributed by atoms with Crippen molar-refractivity contribution in [3.63, 3.8) is 0 Å². The van der Waals surface area contributed by atoms with E-state index in [4.69, 9.17) is 0 Å². The first-order chi connectivity index (χ1) is 7.93. The van der Waals surface area contributed by atoms with E-state index in [0.717, 1.165) is 32.6 Å². The van der Waals surface area contributed by atoms with Crippen LogP contribution in [0.15, 0.2) is 36.7 Å². The molecule has 0 unspecified atom stereocenters. The van der Waals surface area contributed by atoms with Gasteiger partial charge in [-0.25, -0.2) is 0 Å². The largest absolute Gasteiger partial charge is 0.158 e. The number of nitrogens with zero attached hydrogens (tertiary/aromatic N) is 4. The maximum atomic E-state index is 4.14. The van der Waals surface area contributed by atoms with E-state index in [0.29, 0.717) is 0 Å². The minimum atomic E-state index is 0.906. The lowest BCUT2D eigenvalue weighted by atomic mass is 10.0. The quantitative estimate of drug-likeness (QED) is 0.414. The van der Waals surface area contributed by atoms with Crippen LogP contribution in [0, 0.1) is 0 Å². The lowest BCUT2D eigenvalue weighted by Crippen LogP contribution is -1.91. The number of benzene rings is 2. The molecule has 2 aromatic carbocycles. The molecule has 0 atom stereocenters. The Balaban J connectivity index is 2.51. The SMILES string of the molecule is c1cc2nncc3ccc4nncc1c4c32.